The Hall–Kier alpha value is -2.96. The molecule has 0 radical (unpaired) electrons. The normalized spacial score (nSPS) is 15.3. The molecule has 0 saturated carbocycles. The average molecular weight is 374 g/mol. The van der Waals surface area contributed by atoms with Gasteiger partial charge in [-0.15, -0.1) is 0 Å². The Kier molecular flexibility index (Phi) is 4.64. The molecule has 2 aromatic heterocycles. The maximum atomic E-state index is 5.95. The van der Waals surface area contributed by atoms with Gasteiger partial charge in [-0.05, 0) is 24.3 Å². The second-order valence-corrected chi connectivity index (χ2v) is 6.98. The highest BCUT2D eigenvalue weighted by atomic mass is 16.5. The van der Waals surface area contributed by atoms with Crippen molar-refractivity contribution in [2.75, 3.05) is 39.5 Å². The van der Waals surface area contributed by atoms with E-state index in [0.717, 1.165) is 71.9 Å². The molecule has 6 nitrogen and oxygen atoms in total. The number of pyridine rings is 1. The summed E-state index contributed by atoms with van der Waals surface area (Å²) in [6.07, 6.45) is 1.86. The minimum atomic E-state index is 0.668. The van der Waals surface area contributed by atoms with Gasteiger partial charge >= 0.3 is 0 Å². The number of para-hydroxylation sites is 1. The fourth-order valence-corrected chi connectivity index (χ4v) is 3.53. The molecule has 1 fully saturated rings. The van der Waals surface area contributed by atoms with Gasteiger partial charge in [0.2, 0.25) is 0 Å². The summed E-state index contributed by atoms with van der Waals surface area (Å²) in [5.74, 6) is 1.67. The summed E-state index contributed by atoms with van der Waals surface area (Å²) in [4.78, 5) is 15.0. The molecule has 2 aromatic carbocycles. The monoisotopic (exact) mass is 374 g/mol. The van der Waals surface area contributed by atoms with Crippen molar-refractivity contribution in [2.45, 2.75) is 0 Å². The lowest BCUT2D eigenvalue weighted by Crippen LogP contribution is -2.38. The predicted octanol–water partition coefficient (Wildman–Crippen LogP) is 3.49. The van der Waals surface area contributed by atoms with Crippen LogP contribution in [0, 0.1) is 0 Å². The second kappa shape index (κ2) is 7.58. The molecular formula is C22H22N4O2. The van der Waals surface area contributed by atoms with Crippen LogP contribution in [0.1, 0.15) is 0 Å². The first kappa shape index (κ1) is 17.2. The molecule has 0 atom stereocenters. The van der Waals surface area contributed by atoms with E-state index in [0.29, 0.717) is 6.61 Å². The van der Waals surface area contributed by atoms with Crippen molar-refractivity contribution in [3.63, 3.8) is 0 Å². The highest BCUT2D eigenvalue weighted by Gasteiger charge is 2.11. The Bertz CT molecular complexity index is 1100. The lowest BCUT2D eigenvalue weighted by Gasteiger charge is -2.26. The molecule has 6 heteroatoms. The molecule has 0 spiro atoms. The van der Waals surface area contributed by atoms with Crippen molar-refractivity contribution in [1.29, 1.82) is 0 Å². The van der Waals surface area contributed by atoms with Crippen LogP contribution in [-0.2, 0) is 4.74 Å². The number of aromatic nitrogens is 3. The highest BCUT2D eigenvalue weighted by Crippen LogP contribution is 2.25. The lowest BCUT2D eigenvalue weighted by molar-refractivity contribution is 0.0322. The number of aromatic amines is 1. The van der Waals surface area contributed by atoms with Gasteiger partial charge in [0.1, 0.15) is 18.2 Å². The molecule has 0 amide bonds. The molecule has 4 aromatic rings. The Morgan fingerprint density at radius 3 is 2.86 bits per heavy atom. The topological polar surface area (TPSA) is 63.3 Å². The highest BCUT2D eigenvalue weighted by molar-refractivity contribution is 5.85. The van der Waals surface area contributed by atoms with E-state index in [1.807, 2.05) is 42.6 Å². The largest absolute Gasteiger partial charge is 0.492 e. The molecule has 1 N–H and O–H groups in total. The van der Waals surface area contributed by atoms with E-state index in [9.17, 15) is 0 Å². The van der Waals surface area contributed by atoms with E-state index in [-0.39, 0.29) is 0 Å². The van der Waals surface area contributed by atoms with Crippen molar-refractivity contribution in [2.24, 2.45) is 0 Å². The molecule has 142 valence electrons. The number of hydrogen-bond donors (Lipinski definition) is 1. The van der Waals surface area contributed by atoms with Crippen LogP contribution in [-0.4, -0.2) is 59.3 Å². The van der Waals surface area contributed by atoms with Crippen LogP contribution in [0.15, 0.2) is 54.7 Å². The molecule has 0 bridgehead atoms. The molecular weight excluding hydrogens is 352 g/mol. The number of ether oxygens (including phenoxy) is 2. The van der Waals surface area contributed by atoms with Gasteiger partial charge in [-0.3, -0.25) is 9.88 Å². The zero-order chi connectivity index (χ0) is 18.8. The van der Waals surface area contributed by atoms with Crippen LogP contribution < -0.4 is 4.74 Å². The Balaban J connectivity index is 1.32. The van der Waals surface area contributed by atoms with Gasteiger partial charge < -0.3 is 14.5 Å². The van der Waals surface area contributed by atoms with Gasteiger partial charge in [0, 0.05) is 42.8 Å². The number of imidazole rings is 1. The summed E-state index contributed by atoms with van der Waals surface area (Å²) < 4.78 is 11.3. The smallest absolute Gasteiger partial charge is 0.140 e. The minimum Gasteiger partial charge on any atom is -0.492 e. The first-order valence-corrected chi connectivity index (χ1v) is 9.63. The minimum absolute atomic E-state index is 0.668. The summed E-state index contributed by atoms with van der Waals surface area (Å²) in [5, 5.41) is 1.10. The van der Waals surface area contributed by atoms with Crippen LogP contribution in [0.2, 0.25) is 0 Å². The lowest BCUT2D eigenvalue weighted by atomic mass is 10.1. The number of benzene rings is 2. The number of hydrogen-bond acceptors (Lipinski definition) is 5. The molecule has 28 heavy (non-hydrogen) atoms. The molecule has 0 aliphatic carbocycles. The van der Waals surface area contributed by atoms with Crippen LogP contribution in [0.3, 0.4) is 0 Å². The molecule has 3 heterocycles. The summed E-state index contributed by atoms with van der Waals surface area (Å²) >= 11 is 0. The number of rotatable bonds is 5. The summed E-state index contributed by atoms with van der Waals surface area (Å²) in [6.45, 7) is 5.16. The van der Waals surface area contributed by atoms with Gasteiger partial charge in [-0.1, -0.05) is 18.2 Å². The fraction of sp³-hybridized carbons (Fsp3) is 0.273. The first-order valence-electron chi connectivity index (χ1n) is 9.63. The molecule has 5 rings (SSSR count). The van der Waals surface area contributed by atoms with Crippen LogP contribution >= 0.6 is 0 Å². The summed E-state index contributed by atoms with van der Waals surface area (Å²) in [6, 6.07) is 16.2. The van der Waals surface area contributed by atoms with Gasteiger partial charge in [0.15, 0.2) is 0 Å². The van der Waals surface area contributed by atoms with Crippen LogP contribution in [0.4, 0.5) is 0 Å². The Labute approximate surface area is 163 Å². The van der Waals surface area contributed by atoms with Gasteiger partial charge in [-0.2, -0.15) is 0 Å². The van der Waals surface area contributed by atoms with Crippen molar-refractivity contribution in [1.82, 2.24) is 19.9 Å². The maximum absolute atomic E-state index is 5.95. The van der Waals surface area contributed by atoms with E-state index >= 15 is 0 Å². The third-order valence-electron chi connectivity index (χ3n) is 5.10. The van der Waals surface area contributed by atoms with Crippen molar-refractivity contribution >= 4 is 21.9 Å². The van der Waals surface area contributed by atoms with Crippen molar-refractivity contribution in [3.05, 3.63) is 54.7 Å². The van der Waals surface area contributed by atoms with E-state index in [4.69, 9.17) is 14.5 Å². The Morgan fingerprint density at radius 1 is 1.04 bits per heavy atom. The molecule has 1 aliphatic rings. The van der Waals surface area contributed by atoms with E-state index in [1.165, 1.54) is 0 Å². The Morgan fingerprint density at radius 2 is 1.93 bits per heavy atom. The van der Waals surface area contributed by atoms with Crippen molar-refractivity contribution in [3.8, 4) is 17.1 Å². The van der Waals surface area contributed by atoms with Gasteiger partial charge in [0.05, 0.1) is 29.8 Å². The van der Waals surface area contributed by atoms with Gasteiger partial charge in [0.25, 0.3) is 0 Å². The number of H-pyrrole nitrogens is 1. The van der Waals surface area contributed by atoms with Crippen LogP contribution in [0.25, 0.3) is 33.3 Å². The summed E-state index contributed by atoms with van der Waals surface area (Å²) in [7, 11) is 0. The standard InChI is InChI=1S/C22H22N4O2/c1-2-4-19-16(3-1)13-17(15-23-19)22-24-20-6-5-18(14-21(20)25-22)28-12-9-26-7-10-27-11-8-26/h1-6,13-15H,7-12H2,(H,24,25). The van der Waals surface area contributed by atoms with Crippen molar-refractivity contribution < 1.29 is 9.47 Å². The second-order valence-electron chi connectivity index (χ2n) is 6.98. The third kappa shape index (κ3) is 3.56. The zero-order valence-corrected chi connectivity index (χ0v) is 15.6. The maximum Gasteiger partial charge on any atom is 0.140 e. The number of nitrogens with zero attached hydrogens (tertiary/aromatic N) is 3. The average Bonchev–Trinajstić information content (AvgIpc) is 3.18. The zero-order valence-electron chi connectivity index (χ0n) is 15.6. The van der Waals surface area contributed by atoms with E-state index < -0.39 is 0 Å². The number of fused-ring (bicyclic) bond motifs is 2. The van der Waals surface area contributed by atoms with E-state index in [1.54, 1.807) is 0 Å². The van der Waals surface area contributed by atoms with E-state index in [2.05, 4.69) is 27.0 Å². The predicted molar refractivity (Wildman–Crippen MR) is 110 cm³/mol. The number of nitrogens with one attached hydrogen (secondary N) is 1. The van der Waals surface area contributed by atoms with Crippen LogP contribution in [0.5, 0.6) is 5.75 Å². The summed E-state index contributed by atoms with van der Waals surface area (Å²) in [5.41, 5.74) is 3.85. The third-order valence-corrected chi connectivity index (χ3v) is 5.10. The first-order chi connectivity index (χ1) is 13.8. The quantitative estimate of drug-likeness (QED) is 0.579. The molecule has 0 unspecified atom stereocenters. The SMILES string of the molecule is c1ccc2ncc(-c3nc4ccc(OCCN5CCOCC5)cc4[nH]3)cc2c1. The molecule has 1 saturated heterocycles. The fourth-order valence-electron chi connectivity index (χ4n) is 3.53. The van der Waals surface area contributed by atoms with Gasteiger partial charge in [-0.25, -0.2) is 4.98 Å². The molecule has 1 aliphatic heterocycles. The number of morpholine rings is 1.